The molecular weight excluding hydrogens is 234 g/mol. The minimum absolute atomic E-state index is 0.359. The molecule has 2 aromatic rings. The lowest BCUT2D eigenvalue weighted by Gasteiger charge is -2.21. The smallest absolute Gasteiger partial charge is 0.0935 e. The van der Waals surface area contributed by atoms with Crippen LogP contribution in [0.15, 0.2) is 41.2 Å². The van der Waals surface area contributed by atoms with E-state index in [1.807, 2.05) is 12.3 Å². The molecule has 0 radical (unpaired) electrons. The molecule has 0 saturated carbocycles. The Morgan fingerprint density at radius 2 is 2.05 bits per heavy atom. The Bertz CT molecular complexity index is 502. The van der Waals surface area contributed by atoms with Gasteiger partial charge in [-0.05, 0) is 56.0 Å². The van der Waals surface area contributed by atoms with Gasteiger partial charge in [0.1, 0.15) is 0 Å². The molecule has 0 aliphatic heterocycles. The molecule has 1 unspecified atom stereocenters. The number of aryl methyl sites for hydroxylation is 2. The average molecular weight is 257 g/mol. The second kappa shape index (κ2) is 6.58. The van der Waals surface area contributed by atoms with Crippen molar-refractivity contribution in [1.29, 1.82) is 0 Å². The normalized spacial score (nSPS) is 12.6. The molecule has 1 atom stereocenters. The van der Waals surface area contributed by atoms with E-state index in [-0.39, 0.29) is 0 Å². The van der Waals surface area contributed by atoms with Crippen LogP contribution in [0.2, 0.25) is 0 Å². The summed E-state index contributed by atoms with van der Waals surface area (Å²) in [5.74, 6) is 0. The molecule has 2 rings (SSSR count). The Hall–Kier alpha value is -1.54. The highest BCUT2D eigenvalue weighted by Crippen LogP contribution is 2.23. The SMILES string of the molecule is CCCNC(Cc1ccoc1)c1ccc(C)cc1C. The third-order valence-corrected chi connectivity index (χ3v) is 3.46. The lowest BCUT2D eigenvalue weighted by molar-refractivity contribution is 0.519. The van der Waals surface area contributed by atoms with E-state index in [0.717, 1.165) is 19.4 Å². The number of hydrogen-bond acceptors (Lipinski definition) is 2. The number of rotatable bonds is 6. The Morgan fingerprint density at radius 1 is 1.21 bits per heavy atom. The van der Waals surface area contributed by atoms with E-state index in [1.54, 1.807) is 6.26 Å². The topological polar surface area (TPSA) is 25.2 Å². The lowest BCUT2D eigenvalue weighted by atomic mass is 9.95. The molecule has 2 nitrogen and oxygen atoms in total. The van der Waals surface area contributed by atoms with Crippen molar-refractivity contribution >= 4 is 0 Å². The first-order chi connectivity index (χ1) is 9.20. The number of benzene rings is 1. The van der Waals surface area contributed by atoms with Crippen molar-refractivity contribution in [2.45, 2.75) is 39.7 Å². The van der Waals surface area contributed by atoms with Gasteiger partial charge in [0.25, 0.3) is 0 Å². The van der Waals surface area contributed by atoms with Gasteiger partial charge >= 0.3 is 0 Å². The van der Waals surface area contributed by atoms with Crippen LogP contribution < -0.4 is 5.32 Å². The van der Waals surface area contributed by atoms with E-state index in [2.05, 4.69) is 44.3 Å². The third-order valence-electron chi connectivity index (χ3n) is 3.46. The van der Waals surface area contributed by atoms with Crippen LogP contribution in [0.4, 0.5) is 0 Å². The molecule has 2 heteroatoms. The molecule has 0 spiro atoms. The maximum Gasteiger partial charge on any atom is 0.0935 e. The van der Waals surface area contributed by atoms with Crippen LogP contribution in [0.5, 0.6) is 0 Å². The largest absolute Gasteiger partial charge is 0.472 e. The molecule has 1 aromatic carbocycles. The molecule has 0 amide bonds. The van der Waals surface area contributed by atoms with Crippen molar-refractivity contribution in [1.82, 2.24) is 5.32 Å². The Labute approximate surface area is 115 Å². The monoisotopic (exact) mass is 257 g/mol. The maximum absolute atomic E-state index is 5.18. The first-order valence-electron chi connectivity index (χ1n) is 7.02. The molecule has 1 aromatic heterocycles. The highest BCUT2D eigenvalue weighted by molar-refractivity contribution is 5.33. The van der Waals surface area contributed by atoms with E-state index in [0.29, 0.717) is 6.04 Å². The fourth-order valence-electron chi connectivity index (χ4n) is 2.47. The molecule has 0 fully saturated rings. The van der Waals surface area contributed by atoms with E-state index in [9.17, 15) is 0 Å². The van der Waals surface area contributed by atoms with Gasteiger partial charge in [-0.25, -0.2) is 0 Å². The highest BCUT2D eigenvalue weighted by Gasteiger charge is 2.14. The van der Waals surface area contributed by atoms with Crippen LogP contribution in [0.25, 0.3) is 0 Å². The second-order valence-corrected chi connectivity index (χ2v) is 5.20. The standard InChI is InChI=1S/C17H23NO/c1-4-8-18-17(11-15-7-9-19-12-15)16-6-5-13(2)10-14(16)3/h5-7,9-10,12,17-18H,4,8,11H2,1-3H3. The first-order valence-corrected chi connectivity index (χ1v) is 7.02. The Balaban J connectivity index is 2.20. The molecular formula is C17H23NO. The highest BCUT2D eigenvalue weighted by atomic mass is 16.3. The van der Waals surface area contributed by atoms with Crippen molar-refractivity contribution < 1.29 is 4.42 Å². The predicted molar refractivity (Wildman–Crippen MR) is 79.4 cm³/mol. The summed E-state index contributed by atoms with van der Waals surface area (Å²) in [6.07, 6.45) is 5.70. The van der Waals surface area contributed by atoms with Gasteiger partial charge in [0.05, 0.1) is 12.5 Å². The average Bonchev–Trinajstić information content (AvgIpc) is 2.88. The number of nitrogens with one attached hydrogen (secondary N) is 1. The van der Waals surface area contributed by atoms with Gasteiger partial charge in [-0.15, -0.1) is 0 Å². The van der Waals surface area contributed by atoms with E-state index < -0.39 is 0 Å². The summed E-state index contributed by atoms with van der Waals surface area (Å²) in [7, 11) is 0. The zero-order valence-corrected chi connectivity index (χ0v) is 12.1. The van der Waals surface area contributed by atoms with Crippen LogP contribution in [0, 0.1) is 13.8 Å². The molecule has 0 bridgehead atoms. The van der Waals surface area contributed by atoms with Crippen molar-refractivity contribution in [2.24, 2.45) is 0 Å². The van der Waals surface area contributed by atoms with E-state index in [1.165, 1.54) is 22.3 Å². The van der Waals surface area contributed by atoms with Gasteiger partial charge < -0.3 is 9.73 Å². The fraction of sp³-hybridized carbons (Fsp3) is 0.412. The van der Waals surface area contributed by atoms with Crippen LogP contribution in [-0.2, 0) is 6.42 Å². The maximum atomic E-state index is 5.18. The van der Waals surface area contributed by atoms with Crippen LogP contribution >= 0.6 is 0 Å². The summed E-state index contributed by atoms with van der Waals surface area (Å²) in [5, 5.41) is 3.64. The van der Waals surface area contributed by atoms with Gasteiger partial charge in [-0.2, -0.15) is 0 Å². The number of furan rings is 1. The zero-order chi connectivity index (χ0) is 13.7. The third kappa shape index (κ3) is 3.71. The quantitative estimate of drug-likeness (QED) is 0.839. The van der Waals surface area contributed by atoms with Crippen LogP contribution in [-0.4, -0.2) is 6.54 Å². The van der Waals surface area contributed by atoms with Crippen LogP contribution in [0.3, 0.4) is 0 Å². The van der Waals surface area contributed by atoms with Crippen molar-refractivity contribution in [2.75, 3.05) is 6.54 Å². The summed E-state index contributed by atoms with van der Waals surface area (Å²) in [6.45, 7) is 7.57. The van der Waals surface area contributed by atoms with Crippen molar-refractivity contribution in [3.8, 4) is 0 Å². The summed E-state index contributed by atoms with van der Waals surface area (Å²) < 4.78 is 5.18. The molecule has 102 valence electrons. The molecule has 0 aliphatic carbocycles. The van der Waals surface area contributed by atoms with Gasteiger partial charge in [0, 0.05) is 6.04 Å². The summed E-state index contributed by atoms with van der Waals surface area (Å²) >= 11 is 0. The number of hydrogen-bond donors (Lipinski definition) is 1. The van der Waals surface area contributed by atoms with Gasteiger partial charge in [-0.1, -0.05) is 30.7 Å². The van der Waals surface area contributed by atoms with Gasteiger partial charge in [0.2, 0.25) is 0 Å². The van der Waals surface area contributed by atoms with Crippen LogP contribution in [0.1, 0.15) is 41.6 Å². The molecule has 1 heterocycles. The van der Waals surface area contributed by atoms with E-state index in [4.69, 9.17) is 4.42 Å². The molecule has 1 N–H and O–H groups in total. The molecule has 19 heavy (non-hydrogen) atoms. The van der Waals surface area contributed by atoms with E-state index >= 15 is 0 Å². The second-order valence-electron chi connectivity index (χ2n) is 5.20. The molecule has 0 aliphatic rings. The predicted octanol–water partition coefficient (Wildman–Crippen LogP) is 4.18. The summed E-state index contributed by atoms with van der Waals surface area (Å²) in [4.78, 5) is 0. The summed E-state index contributed by atoms with van der Waals surface area (Å²) in [6, 6.07) is 9.10. The Kier molecular flexibility index (Phi) is 4.80. The van der Waals surface area contributed by atoms with Gasteiger partial charge in [0.15, 0.2) is 0 Å². The minimum Gasteiger partial charge on any atom is -0.472 e. The first kappa shape index (κ1) is 13.9. The van der Waals surface area contributed by atoms with Crippen molar-refractivity contribution in [3.63, 3.8) is 0 Å². The molecule has 0 saturated heterocycles. The zero-order valence-electron chi connectivity index (χ0n) is 12.1. The minimum atomic E-state index is 0.359. The lowest BCUT2D eigenvalue weighted by Crippen LogP contribution is -2.24. The fourth-order valence-corrected chi connectivity index (χ4v) is 2.47. The Morgan fingerprint density at radius 3 is 2.68 bits per heavy atom. The van der Waals surface area contributed by atoms with Crippen molar-refractivity contribution in [3.05, 3.63) is 59.0 Å². The van der Waals surface area contributed by atoms with Gasteiger partial charge in [-0.3, -0.25) is 0 Å². The summed E-state index contributed by atoms with van der Waals surface area (Å²) in [5.41, 5.74) is 5.31.